The summed E-state index contributed by atoms with van der Waals surface area (Å²) < 4.78 is 16.5. The number of fused-ring (bicyclic) bond motifs is 1. The number of aliphatic hydroxyl groups excluding tert-OH is 1. The van der Waals surface area contributed by atoms with Crippen LogP contribution in [0.25, 0.3) is 5.76 Å². The van der Waals surface area contributed by atoms with Crippen molar-refractivity contribution in [2.75, 3.05) is 48.0 Å². The number of benzene rings is 2. The lowest BCUT2D eigenvalue weighted by molar-refractivity contribution is -0.140. The minimum Gasteiger partial charge on any atom is -0.507 e. The van der Waals surface area contributed by atoms with Gasteiger partial charge in [-0.2, -0.15) is 0 Å². The van der Waals surface area contributed by atoms with Gasteiger partial charge in [0.15, 0.2) is 11.5 Å². The molecule has 180 valence electrons. The van der Waals surface area contributed by atoms with Crippen LogP contribution in [-0.2, 0) is 16.0 Å². The van der Waals surface area contributed by atoms with Gasteiger partial charge in [0.2, 0.25) is 0 Å². The molecule has 8 nitrogen and oxygen atoms in total. The summed E-state index contributed by atoms with van der Waals surface area (Å²) in [5.41, 5.74) is 2.17. The van der Waals surface area contributed by atoms with Gasteiger partial charge in [-0.25, -0.2) is 0 Å². The number of hydrogen-bond donors (Lipinski definition) is 1. The average Bonchev–Trinajstić information content (AvgIpc) is 3.11. The smallest absolute Gasteiger partial charge is 0.295 e. The topological polar surface area (TPSA) is 88.5 Å². The lowest BCUT2D eigenvalue weighted by Crippen LogP contribution is -2.35. The number of rotatable bonds is 7. The molecule has 1 N–H and O–H groups in total. The summed E-state index contributed by atoms with van der Waals surface area (Å²) in [7, 11) is 6.87. The number of methoxy groups -OCH3 is 2. The third-order valence-corrected chi connectivity index (χ3v) is 6.23. The van der Waals surface area contributed by atoms with Crippen molar-refractivity contribution in [2.45, 2.75) is 18.9 Å². The number of ether oxygens (including phenoxy) is 3. The van der Waals surface area contributed by atoms with E-state index in [1.807, 2.05) is 25.1 Å². The summed E-state index contributed by atoms with van der Waals surface area (Å²) in [5.74, 6) is 0.259. The van der Waals surface area contributed by atoms with Crippen LogP contribution in [0.3, 0.4) is 0 Å². The van der Waals surface area contributed by atoms with Gasteiger partial charge in [0.05, 0.1) is 32.4 Å². The predicted octanol–water partition coefficient (Wildman–Crippen LogP) is 3.01. The van der Waals surface area contributed by atoms with Gasteiger partial charge in [-0.15, -0.1) is 0 Å². The molecule has 0 aliphatic carbocycles. The highest BCUT2D eigenvalue weighted by atomic mass is 16.5. The molecule has 1 fully saturated rings. The van der Waals surface area contributed by atoms with Crippen molar-refractivity contribution in [1.82, 2.24) is 9.80 Å². The fourth-order valence-corrected chi connectivity index (χ4v) is 4.45. The SMILES string of the molecule is COc1ccc(C2/C(=C(\O)c3ccc4c(c3)CCCO4)C(=O)C(=O)N2CCN(C)C)cc1OC. The highest BCUT2D eigenvalue weighted by Crippen LogP contribution is 2.42. The fraction of sp³-hybridized carbons (Fsp3) is 0.385. The van der Waals surface area contributed by atoms with Crippen molar-refractivity contribution in [3.8, 4) is 17.2 Å². The maximum absolute atomic E-state index is 13.2. The second kappa shape index (κ2) is 9.77. The summed E-state index contributed by atoms with van der Waals surface area (Å²) in [4.78, 5) is 29.8. The van der Waals surface area contributed by atoms with Gasteiger partial charge >= 0.3 is 0 Å². The number of carbonyl (C=O) groups is 2. The second-order valence-electron chi connectivity index (χ2n) is 8.68. The predicted molar refractivity (Wildman–Crippen MR) is 127 cm³/mol. The maximum atomic E-state index is 13.2. The minimum absolute atomic E-state index is 0.0626. The van der Waals surface area contributed by atoms with Crippen molar-refractivity contribution in [3.05, 3.63) is 58.7 Å². The number of Topliss-reactive ketones (excluding diaryl/α,β-unsaturated/α-hetero) is 1. The minimum atomic E-state index is -0.757. The molecule has 2 aliphatic rings. The van der Waals surface area contributed by atoms with Gasteiger partial charge < -0.3 is 29.1 Å². The van der Waals surface area contributed by atoms with Crippen LogP contribution in [0.5, 0.6) is 17.2 Å². The fourth-order valence-electron chi connectivity index (χ4n) is 4.45. The normalized spacial score (nSPS) is 19.2. The number of hydrogen-bond acceptors (Lipinski definition) is 7. The lowest BCUT2D eigenvalue weighted by atomic mass is 9.93. The van der Waals surface area contributed by atoms with E-state index in [1.54, 1.807) is 37.4 Å². The first-order chi connectivity index (χ1) is 16.3. The van der Waals surface area contributed by atoms with Crippen LogP contribution in [-0.4, -0.2) is 74.6 Å². The van der Waals surface area contributed by atoms with Gasteiger partial charge in [-0.1, -0.05) is 6.07 Å². The molecule has 0 aromatic heterocycles. The van der Waals surface area contributed by atoms with Crippen LogP contribution < -0.4 is 14.2 Å². The Balaban J connectivity index is 1.85. The highest BCUT2D eigenvalue weighted by Gasteiger charge is 2.46. The highest BCUT2D eigenvalue weighted by molar-refractivity contribution is 6.46. The number of ketones is 1. The van der Waals surface area contributed by atoms with Gasteiger partial charge in [-0.3, -0.25) is 9.59 Å². The molecule has 2 aromatic carbocycles. The first kappa shape index (κ1) is 23.6. The Morgan fingerprint density at radius 1 is 1.12 bits per heavy atom. The molecule has 34 heavy (non-hydrogen) atoms. The van der Waals surface area contributed by atoms with E-state index in [-0.39, 0.29) is 11.3 Å². The molecule has 2 aliphatic heterocycles. The summed E-state index contributed by atoms with van der Waals surface area (Å²) in [6, 6.07) is 9.86. The standard InChI is InChI=1S/C26H30N2O6/c1-27(2)11-12-28-23(17-7-10-20(32-3)21(15-17)33-4)22(25(30)26(28)31)24(29)18-8-9-19-16(14-18)6-5-13-34-19/h7-10,14-15,23,29H,5-6,11-13H2,1-4H3/b24-22+. The van der Waals surface area contributed by atoms with Gasteiger partial charge in [0.25, 0.3) is 11.7 Å². The number of nitrogens with zero attached hydrogens (tertiary/aromatic N) is 2. The first-order valence-corrected chi connectivity index (χ1v) is 11.3. The Kier molecular flexibility index (Phi) is 6.79. The van der Waals surface area contributed by atoms with E-state index < -0.39 is 17.7 Å². The Bertz CT molecular complexity index is 1140. The monoisotopic (exact) mass is 466 g/mol. The van der Waals surface area contributed by atoms with E-state index in [0.717, 1.165) is 24.2 Å². The molecular formula is C26H30N2O6. The largest absolute Gasteiger partial charge is 0.507 e. The van der Waals surface area contributed by atoms with E-state index in [1.165, 1.54) is 12.0 Å². The Labute approximate surface area is 199 Å². The summed E-state index contributed by atoms with van der Waals surface area (Å²) in [6.45, 7) is 1.55. The van der Waals surface area contributed by atoms with E-state index in [9.17, 15) is 14.7 Å². The molecule has 0 radical (unpaired) electrons. The number of aryl methyl sites for hydroxylation is 1. The molecule has 0 bridgehead atoms. The van der Waals surface area contributed by atoms with Gasteiger partial charge in [0, 0.05) is 18.7 Å². The molecule has 1 amide bonds. The van der Waals surface area contributed by atoms with E-state index in [2.05, 4.69) is 0 Å². The van der Waals surface area contributed by atoms with Crippen LogP contribution >= 0.6 is 0 Å². The summed E-state index contributed by atoms with van der Waals surface area (Å²) in [5, 5.41) is 11.3. The Morgan fingerprint density at radius 3 is 2.59 bits per heavy atom. The van der Waals surface area contributed by atoms with E-state index in [4.69, 9.17) is 14.2 Å². The Morgan fingerprint density at radius 2 is 1.88 bits per heavy atom. The third kappa shape index (κ3) is 4.33. The number of amides is 1. The third-order valence-electron chi connectivity index (χ3n) is 6.23. The lowest BCUT2D eigenvalue weighted by Gasteiger charge is -2.27. The molecule has 2 aromatic rings. The van der Waals surface area contributed by atoms with Crippen LogP contribution in [0.4, 0.5) is 0 Å². The Hall–Kier alpha value is -3.52. The summed E-state index contributed by atoms with van der Waals surface area (Å²) in [6.07, 6.45) is 1.71. The molecule has 8 heteroatoms. The zero-order valence-corrected chi connectivity index (χ0v) is 20.0. The molecule has 4 rings (SSSR count). The summed E-state index contributed by atoms with van der Waals surface area (Å²) >= 11 is 0. The molecule has 1 unspecified atom stereocenters. The second-order valence-corrected chi connectivity index (χ2v) is 8.68. The van der Waals surface area contributed by atoms with Crippen molar-refractivity contribution >= 4 is 17.4 Å². The van der Waals surface area contributed by atoms with Crippen LogP contribution in [0.1, 0.15) is 29.2 Å². The molecular weight excluding hydrogens is 436 g/mol. The molecule has 2 heterocycles. The van der Waals surface area contributed by atoms with Crippen molar-refractivity contribution < 1.29 is 28.9 Å². The van der Waals surface area contributed by atoms with Crippen LogP contribution in [0.2, 0.25) is 0 Å². The van der Waals surface area contributed by atoms with E-state index >= 15 is 0 Å². The first-order valence-electron chi connectivity index (χ1n) is 11.3. The number of likely N-dealkylation sites (N-methyl/N-ethyl adjacent to an activating group) is 1. The number of aliphatic hydroxyl groups is 1. The van der Waals surface area contributed by atoms with Crippen LogP contribution in [0.15, 0.2) is 42.0 Å². The van der Waals surface area contributed by atoms with Crippen molar-refractivity contribution in [3.63, 3.8) is 0 Å². The number of likely N-dealkylation sites (tertiary alicyclic amines) is 1. The maximum Gasteiger partial charge on any atom is 0.295 e. The van der Waals surface area contributed by atoms with Crippen LogP contribution in [0, 0.1) is 0 Å². The van der Waals surface area contributed by atoms with Crippen molar-refractivity contribution in [1.29, 1.82) is 0 Å². The molecule has 0 saturated carbocycles. The molecule has 0 spiro atoms. The van der Waals surface area contributed by atoms with E-state index in [0.29, 0.717) is 42.3 Å². The quantitative estimate of drug-likeness (QED) is 0.381. The zero-order chi connectivity index (χ0) is 24.4. The molecule has 1 atom stereocenters. The molecule has 1 saturated heterocycles. The van der Waals surface area contributed by atoms with Gasteiger partial charge in [0.1, 0.15) is 11.5 Å². The number of carbonyl (C=O) groups excluding carboxylic acids is 2. The average molecular weight is 467 g/mol. The van der Waals surface area contributed by atoms with Crippen molar-refractivity contribution in [2.24, 2.45) is 0 Å². The zero-order valence-electron chi connectivity index (χ0n) is 20.0. The van der Waals surface area contributed by atoms with Gasteiger partial charge in [-0.05, 0) is 68.4 Å².